The Morgan fingerprint density at radius 1 is 0.800 bits per heavy atom. The predicted octanol–water partition coefficient (Wildman–Crippen LogP) is 4.77. The number of hydrogen-bond acceptors (Lipinski definition) is 3. The molecule has 0 aromatic heterocycles. The highest BCUT2D eigenvalue weighted by molar-refractivity contribution is 6.09. The lowest BCUT2D eigenvalue weighted by Gasteiger charge is -2.17. The number of amides is 1. The first-order valence-corrected chi connectivity index (χ1v) is 9.04. The Kier molecular flexibility index (Phi) is 7.52. The van der Waals surface area contributed by atoms with Crippen molar-refractivity contribution in [2.75, 3.05) is 0 Å². The number of carbonyl (C=O) groups excluding carboxylic acids is 2. The fourth-order valence-corrected chi connectivity index (χ4v) is 2.79. The third-order valence-electron chi connectivity index (χ3n) is 4.44. The molecule has 190 valence electrons. The van der Waals surface area contributed by atoms with Gasteiger partial charge in [0.25, 0.3) is 0 Å². The van der Waals surface area contributed by atoms with Crippen LogP contribution in [0.2, 0.25) is 0 Å². The van der Waals surface area contributed by atoms with Crippen molar-refractivity contribution < 1.29 is 63.4 Å². The molecular formula is C20H11F10NO4. The standard InChI is InChI=1S/C20H11F10NO4/c21-13-2-1-8(3-9(13)6-14(16(33)34)31-17(35)20(28,29)30)15(32)10-4-11(18(22,23)24)7-12(5-10)19(25,26)27/h1-5,7,14H,6H2,(H,31,35)(H,33,34). The largest absolute Gasteiger partial charge is 0.480 e. The molecule has 2 rings (SSSR count). The topological polar surface area (TPSA) is 83.5 Å². The Balaban J connectivity index is 2.48. The minimum absolute atomic E-state index is 0.115. The SMILES string of the molecule is O=C(c1cc(C(F)(F)F)cc(C(F)(F)F)c1)c1ccc(F)c(CC(NC(=O)C(F)(F)F)C(=O)O)c1. The van der Waals surface area contributed by atoms with Gasteiger partial charge in [0.05, 0.1) is 11.1 Å². The molecule has 0 fully saturated rings. The second-order valence-corrected chi connectivity index (χ2v) is 7.00. The van der Waals surface area contributed by atoms with Crippen LogP contribution in [0.4, 0.5) is 43.9 Å². The number of alkyl halides is 9. The molecule has 1 unspecified atom stereocenters. The van der Waals surface area contributed by atoms with Crippen LogP contribution in [0.15, 0.2) is 36.4 Å². The number of benzene rings is 2. The normalized spacial score (nSPS) is 13.3. The summed E-state index contributed by atoms with van der Waals surface area (Å²) in [6.45, 7) is 0. The summed E-state index contributed by atoms with van der Waals surface area (Å²) in [5.74, 6) is -7.41. The molecule has 0 aliphatic rings. The maximum absolute atomic E-state index is 14.1. The molecule has 0 saturated heterocycles. The van der Waals surface area contributed by atoms with E-state index >= 15 is 0 Å². The van der Waals surface area contributed by atoms with Gasteiger partial charge in [0, 0.05) is 17.5 Å². The summed E-state index contributed by atoms with van der Waals surface area (Å²) in [5.41, 5.74) is -6.16. The summed E-state index contributed by atoms with van der Waals surface area (Å²) < 4.78 is 129. The molecule has 0 aliphatic heterocycles. The Morgan fingerprint density at radius 2 is 1.31 bits per heavy atom. The molecule has 0 saturated carbocycles. The molecule has 2 N–H and O–H groups in total. The van der Waals surface area contributed by atoms with Crippen LogP contribution in [0.5, 0.6) is 0 Å². The summed E-state index contributed by atoms with van der Waals surface area (Å²) in [4.78, 5) is 34.8. The van der Waals surface area contributed by atoms with E-state index in [4.69, 9.17) is 5.11 Å². The molecule has 0 bridgehead atoms. The maximum Gasteiger partial charge on any atom is 0.471 e. The van der Waals surface area contributed by atoms with Gasteiger partial charge in [-0.1, -0.05) is 0 Å². The van der Waals surface area contributed by atoms with Gasteiger partial charge in [-0.3, -0.25) is 9.59 Å². The van der Waals surface area contributed by atoms with Crippen LogP contribution in [-0.4, -0.2) is 35.0 Å². The van der Waals surface area contributed by atoms with Crippen molar-refractivity contribution in [2.24, 2.45) is 0 Å². The number of aliphatic carboxylic acids is 1. The first kappa shape index (κ1) is 27.6. The zero-order valence-corrected chi connectivity index (χ0v) is 16.7. The lowest BCUT2D eigenvalue weighted by Crippen LogP contribution is -2.48. The lowest BCUT2D eigenvalue weighted by molar-refractivity contribution is -0.175. The van der Waals surface area contributed by atoms with E-state index in [-0.39, 0.29) is 18.2 Å². The van der Waals surface area contributed by atoms with Gasteiger partial charge in [0.2, 0.25) is 0 Å². The Hall–Kier alpha value is -3.65. The van der Waals surface area contributed by atoms with Crippen molar-refractivity contribution >= 4 is 17.7 Å². The Morgan fingerprint density at radius 3 is 1.74 bits per heavy atom. The highest BCUT2D eigenvalue weighted by Gasteiger charge is 2.41. The maximum atomic E-state index is 14.1. The fourth-order valence-electron chi connectivity index (χ4n) is 2.79. The van der Waals surface area contributed by atoms with Crippen LogP contribution in [0, 0.1) is 5.82 Å². The fraction of sp³-hybridized carbons (Fsp3) is 0.250. The van der Waals surface area contributed by atoms with Gasteiger partial charge in [-0.2, -0.15) is 39.5 Å². The number of ketones is 1. The molecular weight excluding hydrogens is 508 g/mol. The number of carboxylic acid groups (broad SMARTS) is 1. The molecule has 2 aromatic carbocycles. The molecule has 1 atom stereocenters. The molecule has 0 aliphatic carbocycles. The quantitative estimate of drug-likeness (QED) is 0.426. The average Bonchev–Trinajstić information content (AvgIpc) is 2.71. The van der Waals surface area contributed by atoms with Crippen LogP contribution in [0.25, 0.3) is 0 Å². The molecule has 0 radical (unpaired) electrons. The highest BCUT2D eigenvalue weighted by atomic mass is 19.4. The smallest absolute Gasteiger partial charge is 0.471 e. The number of hydrogen-bond donors (Lipinski definition) is 2. The number of rotatable bonds is 6. The van der Waals surface area contributed by atoms with Crippen molar-refractivity contribution in [3.63, 3.8) is 0 Å². The molecule has 0 heterocycles. The highest BCUT2D eigenvalue weighted by Crippen LogP contribution is 2.36. The van der Waals surface area contributed by atoms with Crippen molar-refractivity contribution in [1.82, 2.24) is 5.32 Å². The van der Waals surface area contributed by atoms with E-state index < -0.39 is 82.3 Å². The number of carboxylic acids is 1. The van der Waals surface area contributed by atoms with E-state index in [0.29, 0.717) is 18.2 Å². The summed E-state index contributed by atoms with van der Waals surface area (Å²) in [6.07, 6.45) is -17.2. The van der Waals surface area contributed by atoms with Crippen molar-refractivity contribution in [3.8, 4) is 0 Å². The van der Waals surface area contributed by atoms with E-state index in [0.717, 1.165) is 5.32 Å². The monoisotopic (exact) mass is 519 g/mol. The van der Waals surface area contributed by atoms with E-state index in [1.165, 1.54) is 0 Å². The van der Waals surface area contributed by atoms with Crippen LogP contribution < -0.4 is 5.32 Å². The van der Waals surface area contributed by atoms with E-state index in [1.54, 1.807) is 0 Å². The minimum atomic E-state index is -5.48. The molecule has 1 amide bonds. The van der Waals surface area contributed by atoms with Crippen molar-refractivity contribution in [3.05, 3.63) is 70.0 Å². The van der Waals surface area contributed by atoms with Gasteiger partial charge in [-0.25, -0.2) is 9.18 Å². The van der Waals surface area contributed by atoms with Crippen molar-refractivity contribution in [1.29, 1.82) is 0 Å². The second-order valence-electron chi connectivity index (χ2n) is 7.00. The van der Waals surface area contributed by atoms with Gasteiger partial charge >= 0.3 is 30.4 Å². The lowest BCUT2D eigenvalue weighted by atomic mass is 9.95. The third kappa shape index (κ3) is 6.93. The van der Waals surface area contributed by atoms with Crippen molar-refractivity contribution in [2.45, 2.75) is 31.0 Å². The molecule has 2 aromatic rings. The average molecular weight is 519 g/mol. The number of carbonyl (C=O) groups is 3. The van der Waals surface area contributed by atoms with Crippen LogP contribution in [-0.2, 0) is 28.4 Å². The first-order chi connectivity index (χ1) is 15.8. The van der Waals surface area contributed by atoms with Crippen LogP contribution in [0.1, 0.15) is 32.6 Å². The summed E-state index contributed by atoms with van der Waals surface area (Å²) in [5, 5.41) is 10.1. The van der Waals surface area contributed by atoms with E-state index in [9.17, 15) is 58.3 Å². The van der Waals surface area contributed by atoms with Gasteiger partial charge in [0.15, 0.2) is 5.78 Å². The molecule has 5 nitrogen and oxygen atoms in total. The summed E-state index contributed by atoms with van der Waals surface area (Å²) in [7, 11) is 0. The van der Waals surface area contributed by atoms with Crippen LogP contribution >= 0.6 is 0 Å². The summed E-state index contributed by atoms with van der Waals surface area (Å²) >= 11 is 0. The predicted molar refractivity (Wildman–Crippen MR) is 95.6 cm³/mol. The van der Waals surface area contributed by atoms with Gasteiger partial charge in [-0.05, 0) is 42.0 Å². The summed E-state index contributed by atoms with van der Waals surface area (Å²) in [6, 6.07) is -0.623. The zero-order chi connectivity index (χ0) is 26.9. The molecule has 35 heavy (non-hydrogen) atoms. The zero-order valence-electron chi connectivity index (χ0n) is 16.7. The van der Waals surface area contributed by atoms with Gasteiger partial charge < -0.3 is 10.4 Å². The van der Waals surface area contributed by atoms with Crippen LogP contribution in [0.3, 0.4) is 0 Å². The first-order valence-electron chi connectivity index (χ1n) is 9.04. The number of halogens is 10. The third-order valence-corrected chi connectivity index (χ3v) is 4.44. The molecule has 0 spiro atoms. The molecule has 15 heteroatoms. The van der Waals surface area contributed by atoms with Gasteiger partial charge in [0.1, 0.15) is 11.9 Å². The Bertz CT molecular complexity index is 1120. The van der Waals surface area contributed by atoms with E-state index in [2.05, 4.69) is 0 Å². The van der Waals surface area contributed by atoms with Gasteiger partial charge in [-0.15, -0.1) is 0 Å². The second kappa shape index (κ2) is 9.54. The minimum Gasteiger partial charge on any atom is -0.480 e. The van der Waals surface area contributed by atoms with E-state index in [1.807, 2.05) is 0 Å². The Labute approximate surface area is 188 Å². The number of nitrogens with one attached hydrogen (secondary N) is 1.